The van der Waals surface area contributed by atoms with Gasteiger partial charge in [0, 0.05) is 23.6 Å². The molecule has 3 aliphatic heterocycles. The summed E-state index contributed by atoms with van der Waals surface area (Å²) in [4.78, 5) is 13.6. The van der Waals surface area contributed by atoms with Gasteiger partial charge in [0.2, 0.25) is 0 Å². The molecule has 3 unspecified atom stereocenters. The van der Waals surface area contributed by atoms with Crippen LogP contribution in [-0.4, -0.2) is 38.3 Å². The molecule has 4 aliphatic rings. The second kappa shape index (κ2) is 6.31. The molecule has 0 aromatic heterocycles. The monoisotopic (exact) mass is 396 g/mol. The minimum atomic E-state index is -0.419. The Hall–Kier alpha value is -2.89. The average molecular weight is 396 g/mol. The number of allylic oxidation sites excluding steroid dienone is 2. The fraction of sp³-hybridized carbons (Fsp3) is 0.435. The van der Waals surface area contributed by atoms with Crippen molar-refractivity contribution < 1.29 is 28.5 Å². The maximum Gasteiger partial charge on any atom is 0.174 e. The standard InChI is InChI=1S/C23H24O6/c1-23(2)8-7-12-15(29-23)6-5-13-21(24)20-14-9-17(25-3)18(26-4)10-16(14)27-11-19(20)28-22(12)13/h6-10,12,19-20H,5,11H2,1-4H3. The molecule has 6 heteroatoms. The fourth-order valence-corrected chi connectivity index (χ4v) is 4.54. The highest BCUT2D eigenvalue weighted by molar-refractivity contribution is 6.03. The molecule has 1 aliphatic carbocycles. The lowest BCUT2D eigenvalue weighted by Gasteiger charge is -2.43. The third-order valence-corrected chi connectivity index (χ3v) is 5.95. The molecule has 3 heterocycles. The van der Waals surface area contributed by atoms with E-state index in [-0.39, 0.29) is 23.4 Å². The van der Waals surface area contributed by atoms with E-state index in [4.69, 9.17) is 23.7 Å². The summed E-state index contributed by atoms with van der Waals surface area (Å²) in [6, 6.07) is 3.61. The summed E-state index contributed by atoms with van der Waals surface area (Å²) in [5.41, 5.74) is 1.14. The molecule has 3 atom stereocenters. The first kappa shape index (κ1) is 18.2. The zero-order chi connectivity index (χ0) is 20.3. The molecule has 0 N–H and O–H groups in total. The Morgan fingerprint density at radius 1 is 1.14 bits per heavy atom. The lowest BCUT2D eigenvalue weighted by molar-refractivity contribution is -0.125. The van der Waals surface area contributed by atoms with Gasteiger partial charge in [0.05, 0.1) is 26.1 Å². The molecule has 1 aromatic rings. The summed E-state index contributed by atoms with van der Waals surface area (Å²) in [6.07, 6.45) is 6.23. The molecule has 1 aromatic carbocycles. The van der Waals surface area contributed by atoms with Gasteiger partial charge >= 0.3 is 0 Å². The second-order valence-electron chi connectivity index (χ2n) is 8.25. The summed E-state index contributed by atoms with van der Waals surface area (Å²) >= 11 is 0. The topological polar surface area (TPSA) is 63.2 Å². The van der Waals surface area contributed by atoms with Crippen LogP contribution < -0.4 is 14.2 Å². The van der Waals surface area contributed by atoms with Crippen molar-refractivity contribution in [2.75, 3.05) is 20.8 Å². The predicted octanol–water partition coefficient (Wildman–Crippen LogP) is 3.67. The van der Waals surface area contributed by atoms with Crippen LogP contribution in [-0.2, 0) is 14.3 Å². The summed E-state index contributed by atoms with van der Waals surface area (Å²) < 4.78 is 29.2. The van der Waals surface area contributed by atoms with Crippen molar-refractivity contribution in [3.8, 4) is 17.2 Å². The van der Waals surface area contributed by atoms with Gasteiger partial charge in [-0.15, -0.1) is 0 Å². The second-order valence-corrected chi connectivity index (χ2v) is 8.25. The summed E-state index contributed by atoms with van der Waals surface area (Å²) in [7, 11) is 3.16. The average Bonchev–Trinajstić information content (AvgIpc) is 2.71. The van der Waals surface area contributed by atoms with E-state index >= 15 is 0 Å². The Morgan fingerprint density at radius 2 is 1.90 bits per heavy atom. The number of carbonyl (C=O) groups is 1. The van der Waals surface area contributed by atoms with Gasteiger partial charge in [0.25, 0.3) is 0 Å². The normalized spacial score (nSPS) is 28.5. The molecule has 0 fully saturated rings. The molecule has 0 spiro atoms. The SMILES string of the molecule is COc1cc2c(cc1OC)C1C(=O)C3=C(OC1CO2)C1C=CC(C)(C)OC1=CC3. The molecule has 0 saturated heterocycles. The molecule has 6 nitrogen and oxygen atoms in total. The number of hydrogen-bond acceptors (Lipinski definition) is 6. The number of carbonyl (C=O) groups excluding carboxylic acids is 1. The van der Waals surface area contributed by atoms with Gasteiger partial charge in [0.1, 0.15) is 35.6 Å². The van der Waals surface area contributed by atoms with E-state index in [1.807, 2.05) is 32.1 Å². The Kier molecular flexibility index (Phi) is 3.95. The van der Waals surface area contributed by atoms with Crippen LogP contribution in [0.4, 0.5) is 0 Å². The van der Waals surface area contributed by atoms with Crippen LogP contribution in [0.2, 0.25) is 0 Å². The van der Waals surface area contributed by atoms with E-state index in [1.165, 1.54) is 0 Å². The number of rotatable bonds is 2. The van der Waals surface area contributed by atoms with Gasteiger partial charge in [-0.1, -0.05) is 6.08 Å². The summed E-state index contributed by atoms with van der Waals surface area (Å²) in [5, 5.41) is 0. The van der Waals surface area contributed by atoms with Crippen molar-refractivity contribution in [1.82, 2.24) is 0 Å². The summed E-state index contributed by atoms with van der Waals surface area (Å²) in [6.45, 7) is 4.33. The van der Waals surface area contributed by atoms with E-state index in [0.29, 0.717) is 36.0 Å². The maximum atomic E-state index is 13.6. The Balaban J connectivity index is 1.55. The third-order valence-electron chi connectivity index (χ3n) is 5.95. The van der Waals surface area contributed by atoms with Crippen LogP contribution >= 0.6 is 0 Å². The van der Waals surface area contributed by atoms with Crippen molar-refractivity contribution in [3.05, 3.63) is 53.0 Å². The summed E-state index contributed by atoms with van der Waals surface area (Å²) in [5.74, 6) is 2.85. The highest BCUT2D eigenvalue weighted by Gasteiger charge is 2.48. The Labute approximate surface area is 169 Å². The van der Waals surface area contributed by atoms with Gasteiger partial charge in [-0.25, -0.2) is 0 Å². The van der Waals surface area contributed by atoms with Crippen molar-refractivity contribution in [3.63, 3.8) is 0 Å². The van der Waals surface area contributed by atoms with Crippen LogP contribution in [0.3, 0.4) is 0 Å². The fourth-order valence-electron chi connectivity index (χ4n) is 4.54. The van der Waals surface area contributed by atoms with Crippen LogP contribution in [0, 0.1) is 5.92 Å². The quantitative estimate of drug-likeness (QED) is 0.711. The number of benzene rings is 1. The van der Waals surface area contributed by atoms with E-state index in [1.54, 1.807) is 20.3 Å². The van der Waals surface area contributed by atoms with Crippen LogP contribution in [0.25, 0.3) is 0 Å². The Bertz CT molecular complexity index is 983. The zero-order valence-electron chi connectivity index (χ0n) is 17.0. The van der Waals surface area contributed by atoms with Crippen LogP contribution in [0.1, 0.15) is 31.7 Å². The molecule has 0 saturated carbocycles. The predicted molar refractivity (Wildman–Crippen MR) is 105 cm³/mol. The number of Topliss-reactive ketones (excluding diaryl/α,β-unsaturated/α-hetero) is 1. The third kappa shape index (κ3) is 2.73. The number of fused-ring (bicyclic) bond motifs is 5. The highest BCUT2D eigenvalue weighted by Crippen LogP contribution is 2.49. The molecule has 29 heavy (non-hydrogen) atoms. The highest BCUT2D eigenvalue weighted by atomic mass is 16.5. The lowest BCUT2D eigenvalue weighted by atomic mass is 9.77. The largest absolute Gasteiger partial charge is 0.493 e. The van der Waals surface area contributed by atoms with E-state index in [2.05, 4.69) is 6.08 Å². The van der Waals surface area contributed by atoms with Crippen molar-refractivity contribution >= 4 is 5.78 Å². The van der Waals surface area contributed by atoms with Crippen LogP contribution in [0.15, 0.2) is 47.5 Å². The van der Waals surface area contributed by atoms with Crippen LogP contribution in [0.5, 0.6) is 17.2 Å². The first-order chi connectivity index (χ1) is 13.9. The molecular formula is C23H24O6. The van der Waals surface area contributed by atoms with E-state index < -0.39 is 5.92 Å². The number of hydrogen-bond donors (Lipinski definition) is 0. The van der Waals surface area contributed by atoms with Gasteiger partial charge in [-0.3, -0.25) is 4.79 Å². The first-order valence-electron chi connectivity index (χ1n) is 9.83. The molecule has 0 bridgehead atoms. The van der Waals surface area contributed by atoms with Crippen molar-refractivity contribution in [2.45, 2.75) is 37.9 Å². The number of ketones is 1. The van der Waals surface area contributed by atoms with E-state index in [0.717, 1.165) is 16.9 Å². The first-order valence-corrected chi connectivity index (χ1v) is 9.83. The molecule has 0 amide bonds. The Morgan fingerprint density at radius 3 is 2.66 bits per heavy atom. The van der Waals surface area contributed by atoms with Gasteiger partial charge in [-0.2, -0.15) is 0 Å². The minimum Gasteiger partial charge on any atom is -0.493 e. The van der Waals surface area contributed by atoms with Gasteiger partial charge < -0.3 is 23.7 Å². The van der Waals surface area contributed by atoms with E-state index in [9.17, 15) is 4.79 Å². The van der Waals surface area contributed by atoms with Gasteiger partial charge in [0.15, 0.2) is 17.3 Å². The maximum absolute atomic E-state index is 13.6. The van der Waals surface area contributed by atoms with Gasteiger partial charge in [-0.05, 0) is 32.1 Å². The molecule has 152 valence electrons. The smallest absolute Gasteiger partial charge is 0.174 e. The lowest BCUT2D eigenvalue weighted by Crippen LogP contribution is -2.44. The van der Waals surface area contributed by atoms with Crippen molar-refractivity contribution in [2.24, 2.45) is 5.92 Å². The number of methoxy groups -OCH3 is 2. The molecular weight excluding hydrogens is 372 g/mol. The van der Waals surface area contributed by atoms with Crippen molar-refractivity contribution in [1.29, 1.82) is 0 Å². The minimum absolute atomic E-state index is 0.0848. The molecule has 5 rings (SSSR count). The number of ether oxygens (including phenoxy) is 5. The molecule has 0 radical (unpaired) electrons. The zero-order valence-corrected chi connectivity index (χ0v) is 17.0.